The summed E-state index contributed by atoms with van der Waals surface area (Å²) in [6.07, 6.45) is 1.08. The number of para-hydroxylation sites is 1. The highest BCUT2D eigenvalue weighted by Gasteiger charge is 2.22. The van der Waals surface area contributed by atoms with Crippen LogP contribution in [0.15, 0.2) is 53.4 Å². The largest absolute Gasteiger partial charge is 0.384 e. The van der Waals surface area contributed by atoms with Crippen LogP contribution in [0, 0.1) is 0 Å². The van der Waals surface area contributed by atoms with Gasteiger partial charge in [0.2, 0.25) is 0 Å². The van der Waals surface area contributed by atoms with Gasteiger partial charge in [0.05, 0.1) is 0 Å². The highest BCUT2D eigenvalue weighted by atomic mass is 32.2. The fourth-order valence-corrected chi connectivity index (χ4v) is 3.89. The maximum absolute atomic E-state index is 3.63. The second-order valence-corrected chi connectivity index (χ2v) is 6.00. The Bertz CT molecular complexity index is 565. The zero-order chi connectivity index (χ0) is 13.1. The van der Waals surface area contributed by atoms with Gasteiger partial charge in [-0.2, -0.15) is 0 Å². The number of hydrogen-bond donors (Lipinski definition) is 1. The van der Waals surface area contributed by atoms with Gasteiger partial charge in [-0.05, 0) is 29.7 Å². The van der Waals surface area contributed by atoms with Crippen molar-refractivity contribution in [3.05, 3.63) is 59.7 Å². The summed E-state index contributed by atoms with van der Waals surface area (Å²) in [5, 5.41) is 3.63. The zero-order valence-corrected chi connectivity index (χ0v) is 12.0. The summed E-state index contributed by atoms with van der Waals surface area (Å²) in [6, 6.07) is 17.4. The van der Waals surface area contributed by atoms with Crippen LogP contribution in [0.5, 0.6) is 0 Å². The lowest BCUT2D eigenvalue weighted by Crippen LogP contribution is -2.13. The predicted molar refractivity (Wildman–Crippen MR) is 84.2 cm³/mol. The van der Waals surface area contributed by atoms with E-state index < -0.39 is 0 Å². The smallest absolute Gasteiger partial charge is 0.0372 e. The Morgan fingerprint density at radius 3 is 2.79 bits per heavy atom. The first-order chi connectivity index (χ1) is 9.38. The highest BCUT2D eigenvalue weighted by Crippen LogP contribution is 2.39. The molecule has 1 nitrogen and oxygen atoms in total. The molecule has 0 radical (unpaired) electrons. The molecule has 2 aromatic rings. The molecule has 0 aromatic heterocycles. The standard InChI is InChI=1S/C17H19NS/c1-2-13-7-3-5-9-16(13)18-11-14-12-19-17-10-6-4-8-15(14)17/h3-10,14,18H,2,11-12H2,1H3. The van der Waals surface area contributed by atoms with E-state index in [0.717, 1.165) is 13.0 Å². The summed E-state index contributed by atoms with van der Waals surface area (Å²) < 4.78 is 0. The minimum atomic E-state index is 0.631. The van der Waals surface area contributed by atoms with Crippen molar-refractivity contribution >= 4 is 17.4 Å². The molecule has 0 amide bonds. The normalized spacial score (nSPS) is 17.2. The van der Waals surface area contributed by atoms with Crippen LogP contribution in [-0.4, -0.2) is 12.3 Å². The number of aryl methyl sites for hydroxylation is 1. The second-order valence-electron chi connectivity index (χ2n) is 4.94. The Morgan fingerprint density at radius 1 is 1.11 bits per heavy atom. The lowest BCUT2D eigenvalue weighted by Gasteiger charge is -2.15. The van der Waals surface area contributed by atoms with Gasteiger partial charge in [-0.1, -0.05) is 43.3 Å². The Hall–Kier alpha value is -1.41. The molecule has 2 heteroatoms. The lowest BCUT2D eigenvalue weighted by atomic mass is 10.0. The van der Waals surface area contributed by atoms with Crippen LogP contribution in [0.4, 0.5) is 5.69 Å². The monoisotopic (exact) mass is 269 g/mol. The average Bonchev–Trinajstić information content (AvgIpc) is 2.89. The first-order valence-corrected chi connectivity index (χ1v) is 7.90. The maximum atomic E-state index is 3.63. The molecule has 1 N–H and O–H groups in total. The molecule has 0 saturated carbocycles. The van der Waals surface area contributed by atoms with Gasteiger partial charge >= 0.3 is 0 Å². The van der Waals surface area contributed by atoms with Gasteiger partial charge in [0, 0.05) is 28.8 Å². The molecule has 0 fully saturated rings. The van der Waals surface area contributed by atoms with Crippen molar-refractivity contribution in [1.82, 2.24) is 0 Å². The summed E-state index contributed by atoms with van der Waals surface area (Å²) in [5.74, 6) is 1.83. The van der Waals surface area contributed by atoms with Crippen LogP contribution in [0.2, 0.25) is 0 Å². The van der Waals surface area contributed by atoms with Crippen molar-refractivity contribution in [3.8, 4) is 0 Å². The third-order valence-corrected chi connectivity index (χ3v) is 4.99. The van der Waals surface area contributed by atoms with Crippen LogP contribution in [-0.2, 0) is 6.42 Å². The Labute approximate surface area is 119 Å². The summed E-state index contributed by atoms with van der Waals surface area (Å²) in [5.41, 5.74) is 4.20. The van der Waals surface area contributed by atoms with E-state index in [-0.39, 0.29) is 0 Å². The zero-order valence-electron chi connectivity index (χ0n) is 11.2. The topological polar surface area (TPSA) is 12.0 Å². The van der Waals surface area contributed by atoms with Gasteiger partial charge in [0.25, 0.3) is 0 Å². The van der Waals surface area contributed by atoms with E-state index in [2.05, 4.69) is 60.8 Å². The van der Waals surface area contributed by atoms with Crippen molar-refractivity contribution in [2.24, 2.45) is 0 Å². The molecule has 1 unspecified atom stereocenters. The summed E-state index contributed by atoms with van der Waals surface area (Å²) >= 11 is 1.98. The van der Waals surface area contributed by atoms with Crippen LogP contribution >= 0.6 is 11.8 Å². The van der Waals surface area contributed by atoms with Gasteiger partial charge in [0.15, 0.2) is 0 Å². The summed E-state index contributed by atoms with van der Waals surface area (Å²) in [7, 11) is 0. The van der Waals surface area contributed by atoms with Crippen LogP contribution < -0.4 is 5.32 Å². The van der Waals surface area contributed by atoms with E-state index in [9.17, 15) is 0 Å². The van der Waals surface area contributed by atoms with Crippen LogP contribution in [0.25, 0.3) is 0 Å². The first kappa shape index (κ1) is 12.6. The minimum Gasteiger partial charge on any atom is -0.384 e. The molecule has 0 spiro atoms. The molecule has 98 valence electrons. The second kappa shape index (κ2) is 5.70. The number of rotatable bonds is 4. The van der Waals surface area contributed by atoms with E-state index in [0.29, 0.717) is 5.92 Å². The highest BCUT2D eigenvalue weighted by molar-refractivity contribution is 7.99. The fraction of sp³-hybridized carbons (Fsp3) is 0.294. The van der Waals surface area contributed by atoms with E-state index in [1.165, 1.54) is 27.5 Å². The van der Waals surface area contributed by atoms with Crippen LogP contribution in [0.3, 0.4) is 0 Å². The number of anilines is 1. The van der Waals surface area contributed by atoms with Gasteiger partial charge in [-0.25, -0.2) is 0 Å². The average molecular weight is 269 g/mol. The number of nitrogens with one attached hydrogen (secondary N) is 1. The predicted octanol–water partition coefficient (Wildman–Crippen LogP) is 4.55. The molecular weight excluding hydrogens is 250 g/mol. The third-order valence-electron chi connectivity index (χ3n) is 3.74. The van der Waals surface area contributed by atoms with Crippen molar-refractivity contribution < 1.29 is 0 Å². The van der Waals surface area contributed by atoms with E-state index in [4.69, 9.17) is 0 Å². The van der Waals surface area contributed by atoms with Crippen molar-refractivity contribution in [3.63, 3.8) is 0 Å². The third kappa shape index (κ3) is 2.64. The van der Waals surface area contributed by atoms with E-state index >= 15 is 0 Å². The quantitative estimate of drug-likeness (QED) is 0.874. The number of benzene rings is 2. The Kier molecular flexibility index (Phi) is 3.79. The molecule has 0 aliphatic carbocycles. The van der Waals surface area contributed by atoms with E-state index in [1.807, 2.05) is 11.8 Å². The van der Waals surface area contributed by atoms with Gasteiger partial charge in [-0.3, -0.25) is 0 Å². The van der Waals surface area contributed by atoms with Gasteiger partial charge in [-0.15, -0.1) is 11.8 Å². The molecule has 19 heavy (non-hydrogen) atoms. The maximum Gasteiger partial charge on any atom is 0.0372 e. The molecule has 1 aliphatic heterocycles. The molecule has 2 aromatic carbocycles. The molecule has 3 rings (SSSR count). The molecular formula is C17H19NS. The Balaban J connectivity index is 1.71. The van der Waals surface area contributed by atoms with Crippen LogP contribution in [0.1, 0.15) is 24.0 Å². The summed E-state index contributed by atoms with van der Waals surface area (Å²) in [4.78, 5) is 1.46. The minimum absolute atomic E-state index is 0.631. The lowest BCUT2D eigenvalue weighted by molar-refractivity contribution is 0.817. The molecule has 1 heterocycles. The van der Waals surface area contributed by atoms with Crippen molar-refractivity contribution in [2.45, 2.75) is 24.2 Å². The molecule has 0 saturated heterocycles. The fourth-order valence-electron chi connectivity index (χ4n) is 2.63. The molecule has 0 bridgehead atoms. The van der Waals surface area contributed by atoms with Crippen molar-refractivity contribution in [1.29, 1.82) is 0 Å². The number of fused-ring (bicyclic) bond motifs is 1. The SMILES string of the molecule is CCc1ccccc1NCC1CSc2ccccc21. The Morgan fingerprint density at radius 2 is 1.89 bits per heavy atom. The van der Waals surface area contributed by atoms with Crippen molar-refractivity contribution in [2.75, 3.05) is 17.6 Å². The molecule has 1 aliphatic rings. The number of hydrogen-bond acceptors (Lipinski definition) is 2. The number of thioether (sulfide) groups is 1. The van der Waals surface area contributed by atoms with Gasteiger partial charge < -0.3 is 5.32 Å². The van der Waals surface area contributed by atoms with Gasteiger partial charge in [0.1, 0.15) is 0 Å². The van der Waals surface area contributed by atoms with E-state index in [1.54, 1.807) is 0 Å². The summed E-state index contributed by atoms with van der Waals surface area (Å²) in [6.45, 7) is 3.24. The molecule has 1 atom stereocenters. The first-order valence-electron chi connectivity index (χ1n) is 6.92.